The van der Waals surface area contributed by atoms with Crippen molar-refractivity contribution in [3.63, 3.8) is 0 Å². The number of aryl methyl sites for hydroxylation is 1. The van der Waals surface area contributed by atoms with Gasteiger partial charge in [-0.05, 0) is 19.4 Å². The number of hydrogen-bond donors (Lipinski definition) is 1. The number of guanidine groups is 1. The number of halogens is 1. The molecule has 1 aliphatic heterocycles. The number of rotatable bonds is 4. The summed E-state index contributed by atoms with van der Waals surface area (Å²) in [5.41, 5.74) is 0.969. The number of aliphatic imine (C=N–C) groups is 1. The van der Waals surface area contributed by atoms with Crippen molar-refractivity contribution in [3.05, 3.63) is 23.8 Å². The van der Waals surface area contributed by atoms with Crippen molar-refractivity contribution in [2.75, 3.05) is 33.9 Å². The lowest BCUT2D eigenvalue weighted by Crippen LogP contribution is -2.41. The fourth-order valence-corrected chi connectivity index (χ4v) is 2.36. The van der Waals surface area contributed by atoms with Gasteiger partial charge in [0.1, 0.15) is 5.82 Å². The Morgan fingerprint density at radius 2 is 2.38 bits per heavy atom. The van der Waals surface area contributed by atoms with Gasteiger partial charge < -0.3 is 15.0 Å². The fraction of sp³-hybridized carbons (Fsp3) is 0.643. The van der Waals surface area contributed by atoms with Gasteiger partial charge in [-0.25, -0.2) is 9.97 Å². The van der Waals surface area contributed by atoms with Crippen molar-refractivity contribution < 1.29 is 4.74 Å². The highest BCUT2D eigenvalue weighted by molar-refractivity contribution is 14.0. The molecule has 0 aliphatic carbocycles. The Balaban J connectivity index is 0.00000220. The number of hydrogen-bond acceptors (Lipinski definition) is 4. The summed E-state index contributed by atoms with van der Waals surface area (Å²) in [4.78, 5) is 14.9. The Morgan fingerprint density at radius 3 is 3.00 bits per heavy atom. The second-order valence-corrected chi connectivity index (χ2v) is 5.11. The monoisotopic (exact) mass is 405 g/mol. The van der Waals surface area contributed by atoms with Gasteiger partial charge in [0.25, 0.3) is 0 Å². The third kappa shape index (κ3) is 5.74. The van der Waals surface area contributed by atoms with E-state index in [1.807, 2.05) is 13.0 Å². The van der Waals surface area contributed by atoms with E-state index < -0.39 is 0 Å². The van der Waals surface area contributed by atoms with Crippen LogP contribution in [0, 0.1) is 12.8 Å². The minimum absolute atomic E-state index is 0. The van der Waals surface area contributed by atoms with Gasteiger partial charge in [-0.15, -0.1) is 24.0 Å². The molecular formula is C14H24IN5O. The maximum atomic E-state index is 5.41. The summed E-state index contributed by atoms with van der Waals surface area (Å²) < 4.78 is 5.41. The maximum absolute atomic E-state index is 5.41. The van der Waals surface area contributed by atoms with Crippen molar-refractivity contribution in [3.8, 4) is 0 Å². The Labute approximate surface area is 143 Å². The lowest BCUT2D eigenvalue weighted by molar-refractivity contribution is 0.181. The van der Waals surface area contributed by atoms with Gasteiger partial charge in [0.05, 0.1) is 18.8 Å². The summed E-state index contributed by atoms with van der Waals surface area (Å²) in [5.74, 6) is 2.27. The molecule has 0 radical (unpaired) electrons. The first kappa shape index (κ1) is 18.1. The average molecular weight is 405 g/mol. The average Bonchev–Trinajstić information content (AvgIpc) is 2.92. The van der Waals surface area contributed by atoms with Crippen LogP contribution in [0.4, 0.5) is 0 Å². The Morgan fingerprint density at radius 1 is 1.57 bits per heavy atom. The van der Waals surface area contributed by atoms with Crippen LogP contribution in [0.1, 0.15) is 17.9 Å². The summed E-state index contributed by atoms with van der Waals surface area (Å²) >= 11 is 0. The van der Waals surface area contributed by atoms with Crippen LogP contribution in [0.2, 0.25) is 0 Å². The molecule has 6 nitrogen and oxygen atoms in total. The molecule has 0 aromatic carbocycles. The smallest absolute Gasteiger partial charge is 0.193 e. The third-order valence-electron chi connectivity index (χ3n) is 3.39. The Kier molecular flexibility index (Phi) is 7.87. The van der Waals surface area contributed by atoms with E-state index in [9.17, 15) is 0 Å². The maximum Gasteiger partial charge on any atom is 0.193 e. The SMILES string of the molecule is CN=C(NCc1ccnc(C)n1)N(C)CC1CCOC1.I. The zero-order valence-corrected chi connectivity index (χ0v) is 15.2. The van der Waals surface area contributed by atoms with Crippen molar-refractivity contribution in [1.29, 1.82) is 0 Å². The van der Waals surface area contributed by atoms with Gasteiger partial charge in [0.15, 0.2) is 5.96 Å². The van der Waals surface area contributed by atoms with Crippen LogP contribution in [0.5, 0.6) is 0 Å². The van der Waals surface area contributed by atoms with Gasteiger partial charge in [-0.1, -0.05) is 0 Å². The summed E-state index contributed by atoms with van der Waals surface area (Å²) in [5, 5.41) is 3.33. The van der Waals surface area contributed by atoms with E-state index in [4.69, 9.17) is 4.74 Å². The summed E-state index contributed by atoms with van der Waals surface area (Å²) in [6.45, 7) is 5.24. The second-order valence-electron chi connectivity index (χ2n) is 5.11. The standard InChI is InChI=1S/C14H23N5O.HI/c1-11-16-6-4-13(18-11)8-17-14(15-2)19(3)9-12-5-7-20-10-12;/h4,6,12H,5,7-10H2,1-3H3,(H,15,17);1H. The van der Waals surface area contributed by atoms with E-state index in [-0.39, 0.29) is 24.0 Å². The van der Waals surface area contributed by atoms with Gasteiger partial charge in [0, 0.05) is 39.4 Å². The molecule has 1 atom stereocenters. The summed E-state index contributed by atoms with van der Waals surface area (Å²) in [7, 11) is 3.86. The second kappa shape index (κ2) is 9.14. The molecule has 7 heteroatoms. The zero-order valence-electron chi connectivity index (χ0n) is 12.9. The molecule has 1 aliphatic rings. The highest BCUT2D eigenvalue weighted by Gasteiger charge is 2.18. The predicted molar refractivity (Wildman–Crippen MR) is 93.9 cm³/mol. The first-order chi connectivity index (χ1) is 9.69. The van der Waals surface area contributed by atoms with Crippen LogP contribution in [-0.2, 0) is 11.3 Å². The number of aromatic nitrogens is 2. The molecule has 1 fully saturated rings. The van der Waals surface area contributed by atoms with E-state index in [1.165, 1.54) is 0 Å². The Bertz CT molecular complexity index is 462. The first-order valence-electron chi connectivity index (χ1n) is 6.97. The normalized spacial score (nSPS) is 18.2. The van der Waals surface area contributed by atoms with E-state index in [2.05, 4.69) is 32.2 Å². The van der Waals surface area contributed by atoms with E-state index in [1.54, 1.807) is 13.2 Å². The molecule has 2 heterocycles. The molecular weight excluding hydrogens is 381 g/mol. The predicted octanol–water partition coefficient (Wildman–Crippen LogP) is 1.45. The molecule has 1 unspecified atom stereocenters. The minimum atomic E-state index is 0. The van der Waals surface area contributed by atoms with Crippen LogP contribution < -0.4 is 5.32 Å². The highest BCUT2D eigenvalue weighted by atomic mass is 127. The molecule has 0 amide bonds. The first-order valence-corrected chi connectivity index (χ1v) is 6.97. The van der Waals surface area contributed by atoms with Crippen LogP contribution in [0.25, 0.3) is 0 Å². The van der Waals surface area contributed by atoms with Crippen molar-refractivity contribution in [2.24, 2.45) is 10.9 Å². The molecule has 0 bridgehead atoms. The van der Waals surface area contributed by atoms with Crippen molar-refractivity contribution >= 4 is 29.9 Å². The zero-order chi connectivity index (χ0) is 14.4. The van der Waals surface area contributed by atoms with Gasteiger partial charge in [-0.2, -0.15) is 0 Å². The van der Waals surface area contributed by atoms with Crippen molar-refractivity contribution in [1.82, 2.24) is 20.2 Å². The van der Waals surface area contributed by atoms with E-state index >= 15 is 0 Å². The number of ether oxygens (including phenoxy) is 1. The molecule has 0 saturated carbocycles. The molecule has 0 spiro atoms. The number of nitrogens with one attached hydrogen (secondary N) is 1. The fourth-order valence-electron chi connectivity index (χ4n) is 2.36. The molecule has 1 N–H and O–H groups in total. The lowest BCUT2D eigenvalue weighted by Gasteiger charge is -2.24. The molecule has 1 saturated heterocycles. The van der Waals surface area contributed by atoms with Gasteiger partial charge >= 0.3 is 0 Å². The molecule has 21 heavy (non-hydrogen) atoms. The van der Waals surface area contributed by atoms with Gasteiger partial charge in [0.2, 0.25) is 0 Å². The molecule has 1 aromatic rings. The largest absolute Gasteiger partial charge is 0.381 e. The summed E-state index contributed by atoms with van der Waals surface area (Å²) in [6, 6.07) is 1.91. The van der Waals surface area contributed by atoms with Crippen LogP contribution in [-0.4, -0.2) is 54.7 Å². The third-order valence-corrected chi connectivity index (χ3v) is 3.39. The van der Waals surface area contributed by atoms with Crippen molar-refractivity contribution in [2.45, 2.75) is 19.9 Å². The molecule has 2 rings (SSSR count). The van der Waals surface area contributed by atoms with E-state index in [0.29, 0.717) is 12.5 Å². The van der Waals surface area contributed by atoms with Gasteiger partial charge in [-0.3, -0.25) is 4.99 Å². The van der Waals surface area contributed by atoms with Crippen LogP contribution in [0.3, 0.4) is 0 Å². The highest BCUT2D eigenvalue weighted by Crippen LogP contribution is 2.13. The number of nitrogens with zero attached hydrogens (tertiary/aromatic N) is 4. The quantitative estimate of drug-likeness (QED) is 0.467. The molecule has 118 valence electrons. The topological polar surface area (TPSA) is 62.6 Å². The van der Waals surface area contributed by atoms with Crippen LogP contribution >= 0.6 is 24.0 Å². The Hall–Kier alpha value is -0.960. The summed E-state index contributed by atoms with van der Waals surface area (Å²) in [6.07, 6.45) is 2.91. The lowest BCUT2D eigenvalue weighted by atomic mass is 10.1. The molecule has 1 aromatic heterocycles. The van der Waals surface area contributed by atoms with Crippen LogP contribution in [0.15, 0.2) is 17.3 Å². The van der Waals surface area contributed by atoms with E-state index in [0.717, 1.165) is 43.7 Å². The minimum Gasteiger partial charge on any atom is -0.381 e.